The molecule has 1 unspecified atom stereocenters. The van der Waals surface area contributed by atoms with E-state index in [0.717, 1.165) is 0 Å². The Bertz CT molecular complexity index is 598. The highest BCUT2D eigenvalue weighted by atomic mass is 16.6. The monoisotopic (exact) mass is 281 g/mol. The third-order valence-electron chi connectivity index (χ3n) is 2.70. The fourth-order valence-corrected chi connectivity index (χ4v) is 1.72. The number of non-ortho nitro benzene ring substituents is 1. The van der Waals surface area contributed by atoms with E-state index in [0.29, 0.717) is 24.1 Å². The van der Waals surface area contributed by atoms with Gasteiger partial charge in [-0.05, 0) is 12.5 Å². The van der Waals surface area contributed by atoms with Crippen molar-refractivity contribution in [3.8, 4) is 0 Å². The van der Waals surface area contributed by atoms with Crippen molar-refractivity contribution in [3.05, 3.63) is 28.3 Å². The van der Waals surface area contributed by atoms with Crippen LogP contribution in [0.3, 0.4) is 0 Å². The van der Waals surface area contributed by atoms with Crippen molar-refractivity contribution in [3.63, 3.8) is 0 Å². The second-order valence-corrected chi connectivity index (χ2v) is 4.25. The van der Waals surface area contributed by atoms with Gasteiger partial charge in [0.2, 0.25) is 0 Å². The number of rotatable bonds is 7. The van der Waals surface area contributed by atoms with Gasteiger partial charge in [0, 0.05) is 19.7 Å². The molecule has 1 heterocycles. The van der Waals surface area contributed by atoms with Gasteiger partial charge in [0.15, 0.2) is 5.58 Å². The van der Waals surface area contributed by atoms with Crippen LogP contribution in [0, 0.1) is 10.1 Å². The summed E-state index contributed by atoms with van der Waals surface area (Å²) < 4.78 is 10.2. The highest BCUT2D eigenvalue weighted by Gasteiger charge is 2.11. The average Bonchev–Trinajstić information content (AvgIpc) is 2.80. The molecule has 0 fully saturated rings. The summed E-state index contributed by atoms with van der Waals surface area (Å²) >= 11 is 0. The molecule has 0 bridgehead atoms. The van der Waals surface area contributed by atoms with E-state index in [1.54, 1.807) is 0 Å². The van der Waals surface area contributed by atoms with E-state index in [2.05, 4.69) is 10.3 Å². The highest BCUT2D eigenvalue weighted by Crippen LogP contribution is 2.23. The Morgan fingerprint density at radius 2 is 2.40 bits per heavy atom. The number of benzene rings is 1. The van der Waals surface area contributed by atoms with Crippen LogP contribution in [0.25, 0.3) is 11.1 Å². The molecule has 0 aliphatic rings. The Morgan fingerprint density at radius 1 is 1.60 bits per heavy atom. The lowest BCUT2D eigenvalue weighted by molar-refractivity contribution is -0.384. The Morgan fingerprint density at radius 3 is 3.10 bits per heavy atom. The number of fused-ring (bicyclic) bond motifs is 1. The molecule has 0 aliphatic heterocycles. The molecule has 2 aromatic rings. The number of nitrogens with one attached hydrogen (secondary N) is 1. The van der Waals surface area contributed by atoms with E-state index in [9.17, 15) is 15.2 Å². The fraction of sp³-hybridized carbons (Fsp3) is 0.417. The number of oxazole rings is 1. The van der Waals surface area contributed by atoms with E-state index < -0.39 is 11.0 Å². The molecule has 2 N–H and O–H groups in total. The van der Waals surface area contributed by atoms with Crippen molar-refractivity contribution < 1.29 is 19.2 Å². The molecular weight excluding hydrogens is 266 g/mol. The standard InChI is InChI=1S/C12H15N3O5/c1-19-7-9(16)4-5-13-12-14-10-3-2-8(15(17)18)6-11(10)20-12/h2-3,6,9,16H,4-5,7H2,1H3,(H,13,14). The Hall–Kier alpha value is -2.19. The fourth-order valence-electron chi connectivity index (χ4n) is 1.72. The lowest BCUT2D eigenvalue weighted by Gasteiger charge is -2.08. The second-order valence-electron chi connectivity index (χ2n) is 4.25. The van der Waals surface area contributed by atoms with E-state index in [-0.39, 0.29) is 18.3 Å². The van der Waals surface area contributed by atoms with Crippen molar-refractivity contribution >= 4 is 22.8 Å². The van der Waals surface area contributed by atoms with Gasteiger partial charge in [-0.2, -0.15) is 4.98 Å². The van der Waals surface area contributed by atoms with Crippen molar-refractivity contribution in [1.29, 1.82) is 0 Å². The van der Waals surface area contributed by atoms with Crippen molar-refractivity contribution in [1.82, 2.24) is 4.98 Å². The summed E-state index contributed by atoms with van der Waals surface area (Å²) in [6, 6.07) is 4.50. The first-order valence-electron chi connectivity index (χ1n) is 6.06. The molecule has 108 valence electrons. The molecule has 0 saturated heterocycles. The van der Waals surface area contributed by atoms with Gasteiger partial charge in [-0.3, -0.25) is 10.1 Å². The van der Waals surface area contributed by atoms with E-state index >= 15 is 0 Å². The van der Waals surface area contributed by atoms with Gasteiger partial charge in [-0.25, -0.2) is 0 Å². The summed E-state index contributed by atoms with van der Waals surface area (Å²) in [5.41, 5.74) is 0.838. The third kappa shape index (κ3) is 3.43. The van der Waals surface area contributed by atoms with E-state index in [1.165, 1.54) is 25.3 Å². The van der Waals surface area contributed by atoms with Crippen LogP contribution in [-0.2, 0) is 4.74 Å². The molecule has 0 amide bonds. The van der Waals surface area contributed by atoms with Gasteiger partial charge in [0.1, 0.15) is 5.52 Å². The minimum absolute atomic E-state index is 0.0456. The number of hydrogen-bond donors (Lipinski definition) is 2. The van der Waals surface area contributed by atoms with Crippen LogP contribution in [0.15, 0.2) is 22.6 Å². The van der Waals surface area contributed by atoms with Crippen LogP contribution in [0.2, 0.25) is 0 Å². The second kappa shape index (κ2) is 6.31. The van der Waals surface area contributed by atoms with Gasteiger partial charge in [-0.15, -0.1) is 0 Å². The lowest BCUT2D eigenvalue weighted by atomic mass is 10.3. The molecule has 0 radical (unpaired) electrons. The van der Waals surface area contributed by atoms with Crippen LogP contribution in [-0.4, -0.2) is 41.4 Å². The third-order valence-corrected chi connectivity index (χ3v) is 2.70. The number of methoxy groups -OCH3 is 1. The van der Waals surface area contributed by atoms with Gasteiger partial charge in [0.25, 0.3) is 11.7 Å². The predicted molar refractivity (Wildman–Crippen MR) is 71.7 cm³/mol. The molecule has 8 heteroatoms. The van der Waals surface area contributed by atoms with E-state index in [1.807, 2.05) is 0 Å². The van der Waals surface area contributed by atoms with Crippen LogP contribution >= 0.6 is 0 Å². The maximum Gasteiger partial charge on any atom is 0.295 e. The Labute approximate surface area is 114 Å². The molecule has 1 aromatic carbocycles. The molecule has 0 aliphatic carbocycles. The van der Waals surface area contributed by atoms with Crippen molar-refractivity contribution in [2.45, 2.75) is 12.5 Å². The molecule has 1 aromatic heterocycles. The molecule has 8 nitrogen and oxygen atoms in total. The summed E-state index contributed by atoms with van der Waals surface area (Å²) in [4.78, 5) is 14.3. The average molecular weight is 281 g/mol. The number of aromatic nitrogens is 1. The summed E-state index contributed by atoms with van der Waals surface area (Å²) in [5.74, 6) is 0. The SMILES string of the molecule is COCC(O)CCNc1nc2ccc([N+](=O)[O-])cc2o1. The number of nitrogens with zero attached hydrogens (tertiary/aromatic N) is 2. The Balaban J connectivity index is 1.99. The summed E-state index contributed by atoms with van der Waals surface area (Å²) in [7, 11) is 1.52. The predicted octanol–water partition coefficient (Wildman–Crippen LogP) is 1.55. The number of nitro groups is 1. The topological polar surface area (TPSA) is 111 Å². The first-order chi connectivity index (χ1) is 9.60. The number of anilines is 1. The number of ether oxygens (including phenoxy) is 1. The van der Waals surface area contributed by atoms with E-state index in [4.69, 9.17) is 9.15 Å². The van der Waals surface area contributed by atoms with Crippen LogP contribution in [0.1, 0.15) is 6.42 Å². The van der Waals surface area contributed by atoms with Crippen LogP contribution in [0.5, 0.6) is 0 Å². The summed E-state index contributed by atoms with van der Waals surface area (Å²) in [6.07, 6.45) is -0.0786. The first kappa shape index (κ1) is 14.2. The zero-order valence-corrected chi connectivity index (χ0v) is 10.9. The van der Waals surface area contributed by atoms with Crippen LogP contribution < -0.4 is 5.32 Å². The molecule has 0 spiro atoms. The summed E-state index contributed by atoms with van der Waals surface area (Å²) in [5, 5.41) is 23.0. The molecule has 20 heavy (non-hydrogen) atoms. The molecule has 1 atom stereocenters. The first-order valence-corrected chi connectivity index (χ1v) is 6.06. The maximum atomic E-state index is 10.6. The Kier molecular flexibility index (Phi) is 4.49. The molecule has 0 saturated carbocycles. The lowest BCUT2D eigenvalue weighted by Crippen LogP contribution is -2.18. The van der Waals surface area contributed by atoms with Gasteiger partial charge >= 0.3 is 0 Å². The number of hydrogen-bond acceptors (Lipinski definition) is 7. The van der Waals surface area contributed by atoms with Gasteiger partial charge in [0.05, 0.1) is 23.7 Å². The number of aliphatic hydroxyl groups is 1. The largest absolute Gasteiger partial charge is 0.423 e. The van der Waals surface area contributed by atoms with Gasteiger partial charge in [-0.1, -0.05) is 0 Å². The molecule has 2 rings (SSSR count). The summed E-state index contributed by atoms with van der Waals surface area (Å²) in [6.45, 7) is 0.723. The number of nitro benzene ring substituents is 1. The smallest absolute Gasteiger partial charge is 0.295 e. The van der Waals surface area contributed by atoms with Crippen molar-refractivity contribution in [2.24, 2.45) is 0 Å². The normalized spacial score (nSPS) is 12.5. The zero-order chi connectivity index (χ0) is 14.5. The minimum atomic E-state index is -0.557. The molecular formula is C12H15N3O5. The quantitative estimate of drug-likeness (QED) is 0.585. The van der Waals surface area contributed by atoms with Gasteiger partial charge < -0.3 is 19.6 Å². The van der Waals surface area contributed by atoms with Crippen LogP contribution in [0.4, 0.5) is 11.7 Å². The highest BCUT2D eigenvalue weighted by molar-refractivity contribution is 5.77. The number of aliphatic hydroxyl groups excluding tert-OH is 1. The maximum absolute atomic E-state index is 10.6. The van der Waals surface area contributed by atoms with Crippen molar-refractivity contribution in [2.75, 3.05) is 25.6 Å². The minimum Gasteiger partial charge on any atom is -0.423 e. The zero-order valence-electron chi connectivity index (χ0n) is 10.9.